The van der Waals surface area contributed by atoms with Gasteiger partial charge in [-0.05, 0) is 40.2 Å². The molecule has 6 nitrogen and oxygen atoms in total. The first-order chi connectivity index (χ1) is 16.5. The molecule has 2 saturated heterocycles. The van der Waals surface area contributed by atoms with E-state index in [1.807, 2.05) is 6.07 Å². The molecule has 6 heteroatoms. The van der Waals surface area contributed by atoms with E-state index in [-0.39, 0.29) is 5.41 Å². The fourth-order valence-electron chi connectivity index (χ4n) is 4.20. The maximum Gasteiger partial charge on any atom is 0.123 e. The van der Waals surface area contributed by atoms with Gasteiger partial charge in [0, 0.05) is 51.9 Å². The summed E-state index contributed by atoms with van der Waals surface area (Å²) in [4.78, 5) is 2.39. The number of ether oxygens (including phenoxy) is 3. The highest BCUT2D eigenvalue weighted by atomic mass is 16.5. The standard InChI is InChI=1S/C28H41N3O3/c1-28(2,3)25-6-4-22(5-7-25)21-34-27-15-23(17-29-18-24-19-30-20-24)14-26(16-27)33-13-10-31-8-11-32-12-9-31/h4-7,14-16,24,29-30H,8-13,17-21H2,1-3H3. The monoisotopic (exact) mass is 467 g/mol. The van der Waals surface area contributed by atoms with Crippen molar-refractivity contribution < 1.29 is 14.2 Å². The minimum atomic E-state index is 0.156. The van der Waals surface area contributed by atoms with Crippen LogP contribution in [0.25, 0.3) is 0 Å². The van der Waals surface area contributed by atoms with E-state index in [1.165, 1.54) is 16.7 Å². The van der Waals surface area contributed by atoms with Gasteiger partial charge in [-0.1, -0.05) is 45.0 Å². The zero-order valence-electron chi connectivity index (χ0n) is 21.1. The number of hydrogen-bond donors (Lipinski definition) is 2. The first-order valence-corrected chi connectivity index (χ1v) is 12.7. The normalized spacial score (nSPS) is 17.4. The van der Waals surface area contributed by atoms with Crippen molar-refractivity contribution in [3.05, 3.63) is 59.2 Å². The third-order valence-electron chi connectivity index (χ3n) is 6.57. The van der Waals surface area contributed by atoms with Crippen LogP contribution in [0.3, 0.4) is 0 Å². The zero-order valence-corrected chi connectivity index (χ0v) is 21.1. The smallest absolute Gasteiger partial charge is 0.123 e. The summed E-state index contributed by atoms with van der Waals surface area (Å²) in [5, 5.41) is 6.92. The lowest BCUT2D eigenvalue weighted by Crippen LogP contribution is -2.47. The van der Waals surface area contributed by atoms with Crippen LogP contribution in [0.1, 0.15) is 37.5 Å². The van der Waals surface area contributed by atoms with E-state index in [0.717, 1.165) is 76.4 Å². The highest BCUT2D eigenvalue weighted by Crippen LogP contribution is 2.26. The van der Waals surface area contributed by atoms with Gasteiger partial charge in [0.25, 0.3) is 0 Å². The number of rotatable bonds is 11. The van der Waals surface area contributed by atoms with E-state index in [0.29, 0.717) is 13.2 Å². The van der Waals surface area contributed by atoms with Gasteiger partial charge in [-0.15, -0.1) is 0 Å². The van der Waals surface area contributed by atoms with Crippen molar-refractivity contribution in [2.45, 2.75) is 39.3 Å². The van der Waals surface area contributed by atoms with Gasteiger partial charge in [0.15, 0.2) is 0 Å². The van der Waals surface area contributed by atoms with Crippen molar-refractivity contribution in [2.75, 3.05) is 59.1 Å². The summed E-state index contributed by atoms with van der Waals surface area (Å²) in [7, 11) is 0. The molecule has 0 aliphatic carbocycles. The average Bonchev–Trinajstić information content (AvgIpc) is 2.80. The van der Waals surface area contributed by atoms with Crippen LogP contribution in [0.15, 0.2) is 42.5 Å². The SMILES string of the molecule is CC(C)(C)c1ccc(COc2cc(CNCC3CNC3)cc(OCCN3CCOCC3)c2)cc1. The molecule has 0 aromatic heterocycles. The Morgan fingerprint density at radius 3 is 2.32 bits per heavy atom. The lowest BCUT2D eigenvalue weighted by Gasteiger charge is -2.27. The lowest BCUT2D eigenvalue weighted by molar-refractivity contribution is 0.0322. The summed E-state index contributed by atoms with van der Waals surface area (Å²) >= 11 is 0. The summed E-state index contributed by atoms with van der Waals surface area (Å²) in [6.07, 6.45) is 0. The minimum Gasteiger partial charge on any atom is -0.492 e. The quantitative estimate of drug-likeness (QED) is 0.527. The van der Waals surface area contributed by atoms with Gasteiger partial charge in [-0.25, -0.2) is 0 Å². The first kappa shape index (κ1) is 25.0. The van der Waals surface area contributed by atoms with Crippen LogP contribution < -0.4 is 20.1 Å². The summed E-state index contributed by atoms with van der Waals surface area (Å²) < 4.78 is 17.8. The molecule has 4 rings (SSSR count). The molecule has 2 aliphatic heterocycles. The van der Waals surface area contributed by atoms with Crippen molar-refractivity contribution in [3.8, 4) is 11.5 Å². The molecule has 2 aliphatic rings. The second-order valence-corrected chi connectivity index (χ2v) is 10.5. The van der Waals surface area contributed by atoms with Gasteiger partial charge >= 0.3 is 0 Å². The van der Waals surface area contributed by atoms with Crippen LogP contribution in [-0.4, -0.2) is 64.0 Å². The highest BCUT2D eigenvalue weighted by molar-refractivity contribution is 5.39. The minimum absolute atomic E-state index is 0.156. The molecule has 186 valence electrons. The molecule has 0 unspecified atom stereocenters. The van der Waals surface area contributed by atoms with E-state index < -0.39 is 0 Å². The highest BCUT2D eigenvalue weighted by Gasteiger charge is 2.16. The Balaban J connectivity index is 1.35. The van der Waals surface area contributed by atoms with Gasteiger partial charge in [-0.2, -0.15) is 0 Å². The maximum absolute atomic E-state index is 6.21. The van der Waals surface area contributed by atoms with Crippen molar-refractivity contribution in [1.29, 1.82) is 0 Å². The fourth-order valence-corrected chi connectivity index (χ4v) is 4.20. The largest absolute Gasteiger partial charge is 0.492 e. The molecule has 0 spiro atoms. The molecule has 0 amide bonds. The van der Waals surface area contributed by atoms with Crippen LogP contribution in [0.4, 0.5) is 0 Å². The van der Waals surface area contributed by atoms with E-state index in [9.17, 15) is 0 Å². The van der Waals surface area contributed by atoms with Crippen molar-refractivity contribution in [1.82, 2.24) is 15.5 Å². The van der Waals surface area contributed by atoms with Crippen molar-refractivity contribution >= 4 is 0 Å². The summed E-state index contributed by atoms with van der Waals surface area (Å²) in [5.74, 6) is 2.46. The molecule has 34 heavy (non-hydrogen) atoms. The van der Waals surface area contributed by atoms with Crippen LogP contribution in [0.5, 0.6) is 11.5 Å². The molecule has 0 atom stereocenters. The van der Waals surface area contributed by atoms with E-state index >= 15 is 0 Å². The first-order valence-electron chi connectivity index (χ1n) is 12.7. The second-order valence-electron chi connectivity index (χ2n) is 10.5. The van der Waals surface area contributed by atoms with Crippen LogP contribution in [-0.2, 0) is 23.3 Å². The van der Waals surface area contributed by atoms with Gasteiger partial charge < -0.3 is 24.8 Å². The van der Waals surface area contributed by atoms with E-state index in [4.69, 9.17) is 14.2 Å². The van der Waals surface area contributed by atoms with Gasteiger partial charge in [-0.3, -0.25) is 4.90 Å². The van der Waals surface area contributed by atoms with Gasteiger partial charge in [0.2, 0.25) is 0 Å². The number of nitrogens with zero attached hydrogens (tertiary/aromatic N) is 1. The Morgan fingerprint density at radius 1 is 0.971 bits per heavy atom. The van der Waals surface area contributed by atoms with E-state index in [1.54, 1.807) is 0 Å². The molecule has 2 fully saturated rings. The number of nitrogens with one attached hydrogen (secondary N) is 2. The van der Waals surface area contributed by atoms with Crippen LogP contribution in [0, 0.1) is 5.92 Å². The average molecular weight is 468 g/mol. The second kappa shape index (κ2) is 12.0. The molecule has 2 aromatic carbocycles. The Bertz CT molecular complexity index is 885. The lowest BCUT2D eigenvalue weighted by atomic mass is 9.87. The summed E-state index contributed by atoms with van der Waals surface area (Å²) in [6.45, 7) is 16.5. The van der Waals surface area contributed by atoms with E-state index in [2.05, 4.69) is 72.7 Å². The molecular formula is C28H41N3O3. The summed E-state index contributed by atoms with van der Waals surface area (Å²) in [5.41, 5.74) is 3.85. The molecule has 0 bridgehead atoms. The Morgan fingerprint density at radius 2 is 1.68 bits per heavy atom. The number of benzene rings is 2. The zero-order chi connectivity index (χ0) is 23.8. The molecule has 2 aromatic rings. The molecule has 0 radical (unpaired) electrons. The Hall–Kier alpha value is -2.12. The fraction of sp³-hybridized carbons (Fsp3) is 0.571. The molecular weight excluding hydrogens is 426 g/mol. The summed E-state index contributed by atoms with van der Waals surface area (Å²) in [6, 6.07) is 15.0. The van der Waals surface area contributed by atoms with Gasteiger partial charge in [0.05, 0.1) is 13.2 Å². The van der Waals surface area contributed by atoms with Gasteiger partial charge in [0.1, 0.15) is 24.7 Å². The molecule has 0 saturated carbocycles. The molecule has 2 N–H and O–H groups in total. The van der Waals surface area contributed by atoms with Crippen molar-refractivity contribution in [2.24, 2.45) is 5.92 Å². The van der Waals surface area contributed by atoms with Crippen molar-refractivity contribution in [3.63, 3.8) is 0 Å². The Labute approximate surface area is 205 Å². The number of morpholine rings is 1. The predicted octanol–water partition coefficient (Wildman–Crippen LogP) is 3.58. The number of hydrogen-bond acceptors (Lipinski definition) is 6. The maximum atomic E-state index is 6.21. The predicted molar refractivity (Wildman–Crippen MR) is 137 cm³/mol. The van der Waals surface area contributed by atoms with Crippen LogP contribution in [0.2, 0.25) is 0 Å². The third-order valence-corrected chi connectivity index (χ3v) is 6.57. The third kappa shape index (κ3) is 7.70. The Kier molecular flexibility index (Phi) is 8.84. The topological polar surface area (TPSA) is 55.0 Å². The molecule has 2 heterocycles. The van der Waals surface area contributed by atoms with Crippen LogP contribution >= 0.6 is 0 Å².